The molecule has 3 heteroatoms. The first kappa shape index (κ1) is 8.05. The first-order chi connectivity index (χ1) is 5.87. The van der Waals surface area contributed by atoms with Gasteiger partial charge >= 0.3 is 0 Å². The van der Waals surface area contributed by atoms with Crippen LogP contribution in [0.3, 0.4) is 0 Å². The standard InChI is InChI=1S/C9H16N2O/c12-8-11-6-2-1-3-9(11)4-5-10-7-9/h8,10H,1-7H2. The minimum atomic E-state index is 0.194. The van der Waals surface area contributed by atoms with E-state index in [1.54, 1.807) is 0 Å². The van der Waals surface area contributed by atoms with Gasteiger partial charge in [0.1, 0.15) is 0 Å². The van der Waals surface area contributed by atoms with Crippen molar-refractivity contribution in [3.8, 4) is 0 Å². The van der Waals surface area contributed by atoms with Gasteiger partial charge in [-0.25, -0.2) is 0 Å². The van der Waals surface area contributed by atoms with E-state index < -0.39 is 0 Å². The maximum absolute atomic E-state index is 10.8. The lowest BCUT2D eigenvalue weighted by Crippen LogP contribution is -2.52. The fraction of sp³-hybridized carbons (Fsp3) is 0.889. The Labute approximate surface area is 73.1 Å². The molecule has 12 heavy (non-hydrogen) atoms. The van der Waals surface area contributed by atoms with Crippen LogP contribution in [0.15, 0.2) is 0 Å². The van der Waals surface area contributed by atoms with Gasteiger partial charge in [-0.3, -0.25) is 4.79 Å². The molecule has 2 fully saturated rings. The van der Waals surface area contributed by atoms with E-state index in [4.69, 9.17) is 0 Å². The molecule has 3 nitrogen and oxygen atoms in total. The van der Waals surface area contributed by atoms with Crippen LogP contribution in [0, 0.1) is 0 Å². The van der Waals surface area contributed by atoms with Crippen LogP contribution in [0.2, 0.25) is 0 Å². The minimum absolute atomic E-state index is 0.194. The fourth-order valence-electron chi connectivity index (χ4n) is 2.47. The third-order valence-electron chi connectivity index (χ3n) is 3.25. The van der Waals surface area contributed by atoms with Crippen LogP contribution < -0.4 is 5.32 Å². The first-order valence-electron chi connectivity index (χ1n) is 4.80. The van der Waals surface area contributed by atoms with Crippen molar-refractivity contribution in [2.24, 2.45) is 0 Å². The molecule has 68 valence electrons. The van der Waals surface area contributed by atoms with E-state index in [1.165, 1.54) is 19.3 Å². The van der Waals surface area contributed by atoms with E-state index in [2.05, 4.69) is 5.32 Å². The summed E-state index contributed by atoms with van der Waals surface area (Å²) < 4.78 is 0. The van der Waals surface area contributed by atoms with Crippen LogP contribution in [-0.4, -0.2) is 36.5 Å². The molecule has 0 aliphatic carbocycles. The lowest BCUT2D eigenvalue weighted by Gasteiger charge is -2.42. The lowest BCUT2D eigenvalue weighted by atomic mass is 9.86. The summed E-state index contributed by atoms with van der Waals surface area (Å²) in [5.74, 6) is 0. The highest BCUT2D eigenvalue weighted by Crippen LogP contribution is 2.31. The maximum atomic E-state index is 10.8. The Hall–Kier alpha value is -0.570. The number of amides is 1. The predicted octanol–water partition coefficient (Wildman–Crippen LogP) is 0.361. The number of nitrogens with zero attached hydrogens (tertiary/aromatic N) is 1. The second kappa shape index (κ2) is 3.05. The lowest BCUT2D eigenvalue weighted by molar-refractivity contribution is -0.125. The first-order valence-corrected chi connectivity index (χ1v) is 4.80. The minimum Gasteiger partial charge on any atom is -0.338 e. The van der Waals surface area contributed by atoms with E-state index >= 15 is 0 Å². The van der Waals surface area contributed by atoms with Crippen molar-refractivity contribution < 1.29 is 4.79 Å². The number of carbonyl (C=O) groups is 1. The average Bonchev–Trinajstić information content (AvgIpc) is 2.55. The summed E-state index contributed by atoms with van der Waals surface area (Å²) in [4.78, 5) is 12.8. The molecule has 1 atom stereocenters. The van der Waals surface area contributed by atoms with Crippen molar-refractivity contribution >= 4 is 6.41 Å². The fourth-order valence-corrected chi connectivity index (χ4v) is 2.47. The van der Waals surface area contributed by atoms with E-state index in [1.807, 2.05) is 4.90 Å². The van der Waals surface area contributed by atoms with Gasteiger partial charge in [-0.2, -0.15) is 0 Å². The molecule has 1 spiro atoms. The Kier molecular flexibility index (Phi) is 2.05. The monoisotopic (exact) mass is 168 g/mol. The van der Waals surface area contributed by atoms with Crippen molar-refractivity contribution in [1.82, 2.24) is 10.2 Å². The van der Waals surface area contributed by atoms with Gasteiger partial charge in [-0.1, -0.05) is 0 Å². The molecule has 2 aliphatic rings. The second-order valence-corrected chi connectivity index (χ2v) is 3.91. The molecule has 0 aromatic carbocycles. The summed E-state index contributed by atoms with van der Waals surface area (Å²) in [5, 5.41) is 3.35. The van der Waals surface area contributed by atoms with Gasteiger partial charge in [-0.15, -0.1) is 0 Å². The van der Waals surface area contributed by atoms with Crippen LogP contribution in [0.5, 0.6) is 0 Å². The summed E-state index contributed by atoms with van der Waals surface area (Å²) in [6.45, 7) is 3.04. The van der Waals surface area contributed by atoms with Crippen molar-refractivity contribution in [2.45, 2.75) is 31.2 Å². The van der Waals surface area contributed by atoms with Crippen LogP contribution in [0.25, 0.3) is 0 Å². The number of likely N-dealkylation sites (tertiary alicyclic amines) is 1. The Morgan fingerprint density at radius 2 is 2.25 bits per heavy atom. The molecular formula is C9H16N2O. The molecule has 2 saturated heterocycles. The van der Waals surface area contributed by atoms with Crippen molar-refractivity contribution in [2.75, 3.05) is 19.6 Å². The number of hydrogen-bond acceptors (Lipinski definition) is 2. The Morgan fingerprint density at radius 1 is 1.33 bits per heavy atom. The van der Waals surface area contributed by atoms with Crippen molar-refractivity contribution in [1.29, 1.82) is 0 Å². The molecule has 2 aliphatic heterocycles. The third kappa shape index (κ3) is 1.12. The number of hydrogen-bond donors (Lipinski definition) is 1. The van der Waals surface area contributed by atoms with Crippen molar-refractivity contribution in [3.05, 3.63) is 0 Å². The highest BCUT2D eigenvalue weighted by molar-refractivity contribution is 5.49. The van der Waals surface area contributed by atoms with Gasteiger partial charge in [0.25, 0.3) is 0 Å². The summed E-state index contributed by atoms with van der Waals surface area (Å²) in [7, 11) is 0. The molecule has 0 aromatic heterocycles. The summed E-state index contributed by atoms with van der Waals surface area (Å²) in [5.41, 5.74) is 0.194. The molecule has 2 heterocycles. The largest absolute Gasteiger partial charge is 0.338 e. The summed E-state index contributed by atoms with van der Waals surface area (Å²) >= 11 is 0. The van der Waals surface area contributed by atoms with Crippen molar-refractivity contribution in [3.63, 3.8) is 0 Å². The zero-order valence-electron chi connectivity index (χ0n) is 7.38. The predicted molar refractivity (Wildman–Crippen MR) is 46.8 cm³/mol. The Bertz CT molecular complexity index is 175. The molecule has 0 saturated carbocycles. The molecule has 2 rings (SSSR count). The van der Waals surface area contributed by atoms with Gasteiger partial charge in [0.2, 0.25) is 6.41 Å². The average molecular weight is 168 g/mol. The van der Waals surface area contributed by atoms with Gasteiger partial charge in [-0.05, 0) is 32.2 Å². The topological polar surface area (TPSA) is 32.3 Å². The second-order valence-electron chi connectivity index (χ2n) is 3.91. The van der Waals surface area contributed by atoms with Crippen LogP contribution in [0.4, 0.5) is 0 Å². The van der Waals surface area contributed by atoms with Gasteiger partial charge < -0.3 is 10.2 Å². The molecule has 1 N–H and O–H groups in total. The number of rotatable bonds is 1. The normalized spacial score (nSPS) is 35.8. The summed E-state index contributed by atoms with van der Waals surface area (Å²) in [6.07, 6.45) is 5.84. The Balaban J connectivity index is 2.12. The molecule has 0 radical (unpaired) electrons. The Morgan fingerprint density at radius 3 is 2.92 bits per heavy atom. The smallest absolute Gasteiger partial charge is 0.210 e. The quantitative estimate of drug-likeness (QED) is 0.573. The number of carbonyl (C=O) groups excluding carboxylic acids is 1. The summed E-state index contributed by atoms with van der Waals surface area (Å²) in [6, 6.07) is 0. The number of nitrogens with one attached hydrogen (secondary N) is 1. The third-order valence-corrected chi connectivity index (χ3v) is 3.25. The molecular weight excluding hydrogens is 152 g/mol. The highest BCUT2D eigenvalue weighted by atomic mass is 16.1. The van der Waals surface area contributed by atoms with Gasteiger partial charge in [0.15, 0.2) is 0 Å². The van der Waals surface area contributed by atoms with E-state index in [0.29, 0.717) is 0 Å². The molecule has 0 bridgehead atoms. The SMILES string of the molecule is O=CN1CCCCC12CCNC2. The van der Waals surface area contributed by atoms with E-state index in [9.17, 15) is 4.79 Å². The molecule has 1 unspecified atom stereocenters. The van der Waals surface area contributed by atoms with Crippen LogP contribution in [0.1, 0.15) is 25.7 Å². The van der Waals surface area contributed by atoms with Gasteiger partial charge in [0, 0.05) is 13.1 Å². The molecule has 1 amide bonds. The van der Waals surface area contributed by atoms with Gasteiger partial charge in [0.05, 0.1) is 5.54 Å². The molecule has 0 aromatic rings. The zero-order chi connectivity index (χ0) is 8.44. The van der Waals surface area contributed by atoms with E-state index in [0.717, 1.165) is 32.5 Å². The number of piperidine rings is 1. The maximum Gasteiger partial charge on any atom is 0.210 e. The zero-order valence-corrected chi connectivity index (χ0v) is 7.38. The van der Waals surface area contributed by atoms with E-state index in [-0.39, 0.29) is 5.54 Å². The van der Waals surface area contributed by atoms with Crippen LogP contribution >= 0.6 is 0 Å². The highest BCUT2D eigenvalue weighted by Gasteiger charge is 2.40. The van der Waals surface area contributed by atoms with Crippen LogP contribution in [-0.2, 0) is 4.79 Å².